The number of primary amides is 1. The predicted molar refractivity (Wildman–Crippen MR) is 74.5 cm³/mol. The monoisotopic (exact) mass is 286 g/mol. The molecule has 0 saturated carbocycles. The lowest BCUT2D eigenvalue weighted by Crippen LogP contribution is -2.31. The van der Waals surface area contributed by atoms with E-state index in [2.05, 4.69) is 20.8 Å². The van der Waals surface area contributed by atoms with E-state index in [0.29, 0.717) is 23.0 Å². The minimum absolute atomic E-state index is 0.419. The van der Waals surface area contributed by atoms with Gasteiger partial charge < -0.3 is 15.8 Å². The number of nitrogens with two attached hydrogens (primary N) is 1. The Morgan fingerprint density at radius 2 is 2.29 bits per heavy atom. The summed E-state index contributed by atoms with van der Waals surface area (Å²) in [6, 6.07) is 6.89. The van der Waals surface area contributed by atoms with Gasteiger partial charge in [-0.05, 0) is 35.0 Å². The molecule has 108 valence electrons. The molecule has 0 fully saturated rings. The molecule has 0 bridgehead atoms. The van der Waals surface area contributed by atoms with Gasteiger partial charge >= 0.3 is 0 Å². The van der Waals surface area contributed by atoms with Crippen LogP contribution in [0.1, 0.15) is 18.5 Å². The van der Waals surface area contributed by atoms with Gasteiger partial charge in [0.1, 0.15) is 11.8 Å². The number of carbonyl (C=O) groups is 1. The van der Waals surface area contributed by atoms with Gasteiger partial charge in [0.15, 0.2) is 0 Å². The van der Waals surface area contributed by atoms with Crippen LogP contribution in [0.4, 0.5) is 5.95 Å². The van der Waals surface area contributed by atoms with Gasteiger partial charge in [-0.3, -0.25) is 4.79 Å². The second kappa shape index (κ2) is 4.89. The van der Waals surface area contributed by atoms with E-state index in [4.69, 9.17) is 10.5 Å². The molecular weight excluding hydrogens is 272 g/mol. The number of amides is 1. The van der Waals surface area contributed by atoms with Gasteiger partial charge in [-0.15, -0.1) is 0 Å². The number of fused-ring (bicyclic) bond motifs is 1. The van der Waals surface area contributed by atoms with Gasteiger partial charge in [0.25, 0.3) is 0 Å². The number of aromatic nitrogens is 4. The maximum absolute atomic E-state index is 11.8. The van der Waals surface area contributed by atoms with Crippen LogP contribution in [-0.2, 0) is 4.79 Å². The molecule has 21 heavy (non-hydrogen) atoms. The molecule has 2 heterocycles. The molecule has 8 heteroatoms. The third kappa shape index (κ3) is 2.10. The zero-order valence-electron chi connectivity index (χ0n) is 11.6. The zero-order valence-corrected chi connectivity index (χ0v) is 11.6. The molecule has 1 amide bonds. The normalized spacial score (nSPS) is 17.1. The minimum atomic E-state index is -0.519. The first-order valence-corrected chi connectivity index (χ1v) is 6.31. The molecule has 1 aromatic heterocycles. The van der Waals surface area contributed by atoms with Crippen molar-refractivity contribution in [3.63, 3.8) is 0 Å². The number of tetrazole rings is 1. The smallest absolute Gasteiger partial charge is 0.248 e. The summed E-state index contributed by atoms with van der Waals surface area (Å²) in [5.74, 6) is 0.626. The molecule has 2 aromatic rings. The topological polar surface area (TPSA) is 108 Å². The first-order valence-electron chi connectivity index (χ1n) is 6.31. The van der Waals surface area contributed by atoms with Gasteiger partial charge in [-0.2, -0.15) is 4.68 Å². The van der Waals surface area contributed by atoms with Crippen molar-refractivity contribution in [3.8, 4) is 5.75 Å². The summed E-state index contributed by atoms with van der Waals surface area (Å²) in [5.41, 5.74) is 7.41. The average Bonchev–Trinajstić information content (AvgIpc) is 2.93. The highest BCUT2D eigenvalue weighted by Gasteiger charge is 2.32. The van der Waals surface area contributed by atoms with Gasteiger partial charge in [-0.1, -0.05) is 17.2 Å². The highest BCUT2D eigenvalue weighted by atomic mass is 16.5. The van der Waals surface area contributed by atoms with E-state index in [1.807, 2.05) is 24.3 Å². The van der Waals surface area contributed by atoms with Crippen molar-refractivity contribution in [1.29, 1.82) is 0 Å². The molecule has 0 unspecified atom stereocenters. The van der Waals surface area contributed by atoms with Gasteiger partial charge in [0.2, 0.25) is 11.9 Å². The van der Waals surface area contributed by atoms with Crippen molar-refractivity contribution in [1.82, 2.24) is 20.2 Å². The van der Waals surface area contributed by atoms with E-state index >= 15 is 0 Å². The summed E-state index contributed by atoms with van der Waals surface area (Å²) < 4.78 is 6.76. The van der Waals surface area contributed by atoms with Crippen LogP contribution >= 0.6 is 0 Å². The SMILES string of the molecule is COc1cccc([C@H]2C(C(N)=O)=C(C)Nc3nnnn32)c1. The number of allylic oxidation sites excluding steroid dienone is 1. The highest BCUT2D eigenvalue weighted by molar-refractivity contribution is 5.95. The zero-order chi connectivity index (χ0) is 15.0. The molecule has 8 nitrogen and oxygen atoms in total. The van der Waals surface area contributed by atoms with Crippen molar-refractivity contribution in [2.24, 2.45) is 5.73 Å². The van der Waals surface area contributed by atoms with Crippen LogP contribution in [0.15, 0.2) is 35.5 Å². The lowest BCUT2D eigenvalue weighted by Gasteiger charge is -2.27. The Morgan fingerprint density at radius 3 is 3.00 bits per heavy atom. The van der Waals surface area contributed by atoms with Crippen LogP contribution in [0.25, 0.3) is 0 Å². The minimum Gasteiger partial charge on any atom is -0.497 e. The van der Waals surface area contributed by atoms with Gasteiger partial charge in [0.05, 0.1) is 12.7 Å². The van der Waals surface area contributed by atoms with E-state index in [-0.39, 0.29) is 0 Å². The lowest BCUT2D eigenvalue weighted by atomic mass is 9.95. The van der Waals surface area contributed by atoms with Crippen LogP contribution in [0.2, 0.25) is 0 Å². The quantitative estimate of drug-likeness (QED) is 0.848. The van der Waals surface area contributed by atoms with Crippen molar-refractivity contribution in [3.05, 3.63) is 41.1 Å². The lowest BCUT2D eigenvalue weighted by molar-refractivity contribution is -0.115. The molecule has 0 radical (unpaired) electrons. The number of hydrogen-bond donors (Lipinski definition) is 2. The number of benzene rings is 1. The number of nitrogens with one attached hydrogen (secondary N) is 1. The predicted octanol–water partition coefficient (Wildman–Crippen LogP) is 0.456. The largest absolute Gasteiger partial charge is 0.497 e. The van der Waals surface area contributed by atoms with Crippen LogP contribution in [0, 0.1) is 0 Å². The number of rotatable bonds is 3. The van der Waals surface area contributed by atoms with Crippen LogP contribution in [-0.4, -0.2) is 33.2 Å². The second-order valence-electron chi connectivity index (χ2n) is 4.65. The first-order chi connectivity index (χ1) is 10.1. The Labute approximate surface area is 120 Å². The molecule has 1 aliphatic rings. The van der Waals surface area contributed by atoms with Crippen molar-refractivity contribution < 1.29 is 9.53 Å². The third-order valence-corrected chi connectivity index (χ3v) is 3.39. The summed E-state index contributed by atoms with van der Waals surface area (Å²) in [4.78, 5) is 11.8. The standard InChI is InChI=1S/C13H14N6O2/c1-7-10(12(14)20)11(19-13(15-7)16-17-18-19)8-4-3-5-9(6-8)21-2/h3-6,11H,1-2H3,(H2,14,20)(H,15,16,18)/t11-/m0/s1. The molecule has 3 rings (SSSR count). The van der Waals surface area contributed by atoms with E-state index < -0.39 is 11.9 Å². The number of anilines is 1. The summed E-state index contributed by atoms with van der Waals surface area (Å²) in [5, 5.41) is 14.5. The average molecular weight is 286 g/mol. The maximum atomic E-state index is 11.8. The second-order valence-corrected chi connectivity index (χ2v) is 4.65. The third-order valence-electron chi connectivity index (χ3n) is 3.39. The number of methoxy groups -OCH3 is 1. The maximum Gasteiger partial charge on any atom is 0.248 e. The van der Waals surface area contributed by atoms with Crippen molar-refractivity contribution in [2.45, 2.75) is 13.0 Å². The highest BCUT2D eigenvalue weighted by Crippen LogP contribution is 2.34. The van der Waals surface area contributed by atoms with Gasteiger partial charge in [0, 0.05) is 5.70 Å². The molecule has 1 aliphatic heterocycles. The van der Waals surface area contributed by atoms with E-state index in [1.54, 1.807) is 14.0 Å². The van der Waals surface area contributed by atoms with Crippen LogP contribution in [0.3, 0.4) is 0 Å². The molecule has 1 atom stereocenters. The van der Waals surface area contributed by atoms with E-state index in [0.717, 1.165) is 5.56 Å². The molecular formula is C13H14N6O2. The summed E-state index contributed by atoms with van der Waals surface area (Å²) in [6.45, 7) is 1.77. The van der Waals surface area contributed by atoms with E-state index in [1.165, 1.54) is 4.68 Å². The molecule has 1 aromatic carbocycles. The fourth-order valence-electron chi connectivity index (χ4n) is 2.45. The molecule has 0 saturated heterocycles. The molecule has 0 spiro atoms. The first kappa shape index (κ1) is 13.1. The summed E-state index contributed by atoms with van der Waals surface area (Å²) in [7, 11) is 1.58. The Morgan fingerprint density at radius 1 is 1.48 bits per heavy atom. The van der Waals surface area contributed by atoms with Crippen LogP contribution < -0.4 is 15.8 Å². The fraction of sp³-hybridized carbons (Fsp3) is 0.231. The number of hydrogen-bond acceptors (Lipinski definition) is 6. The number of nitrogens with zero attached hydrogens (tertiary/aromatic N) is 4. The Bertz CT molecular complexity index is 736. The van der Waals surface area contributed by atoms with Gasteiger partial charge in [-0.25, -0.2) is 0 Å². The fourth-order valence-corrected chi connectivity index (χ4v) is 2.45. The van der Waals surface area contributed by atoms with E-state index in [9.17, 15) is 4.79 Å². The molecule has 0 aliphatic carbocycles. The summed E-state index contributed by atoms with van der Waals surface area (Å²) >= 11 is 0. The van der Waals surface area contributed by atoms with Crippen molar-refractivity contribution >= 4 is 11.9 Å². The van der Waals surface area contributed by atoms with Crippen LogP contribution in [0.5, 0.6) is 5.75 Å². The number of ether oxygens (including phenoxy) is 1. The number of carbonyl (C=O) groups excluding carboxylic acids is 1. The Balaban J connectivity index is 2.19. The van der Waals surface area contributed by atoms with Crippen molar-refractivity contribution in [2.75, 3.05) is 12.4 Å². The molecule has 3 N–H and O–H groups in total. The Hall–Kier alpha value is -2.90. The Kier molecular flexibility index (Phi) is 3.05. The summed E-state index contributed by atoms with van der Waals surface area (Å²) in [6.07, 6.45) is 0.